The Morgan fingerprint density at radius 1 is 1.40 bits per heavy atom. The monoisotopic (exact) mass is 386 g/mol. The van der Waals surface area contributed by atoms with Gasteiger partial charge in [0.15, 0.2) is 5.75 Å². The quantitative estimate of drug-likeness (QED) is 0.624. The first-order chi connectivity index (χ1) is 9.14. The Bertz CT molecular complexity index is 553. The van der Waals surface area contributed by atoms with Crippen LogP contribution in [0.2, 0.25) is 0 Å². The van der Waals surface area contributed by atoms with Crippen LogP contribution in [0, 0.1) is 14.9 Å². The Hall–Kier alpha value is -1.00. The molecule has 1 unspecified atom stereocenters. The van der Waals surface area contributed by atoms with Gasteiger partial charge >= 0.3 is 0 Å². The van der Waals surface area contributed by atoms with Crippen molar-refractivity contribution in [1.82, 2.24) is 0 Å². The molecule has 1 saturated heterocycles. The van der Waals surface area contributed by atoms with Crippen molar-refractivity contribution >= 4 is 28.3 Å². The first-order valence-corrected chi connectivity index (χ1v) is 7.58. The maximum absolute atomic E-state index is 8.94. The van der Waals surface area contributed by atoms with Crippen LogP contribution in [0.15, 0.2) is 12.1 Å². The molecule has 0 spiro atoms. The summed E-state index contributed by atoms with van der Waals surface area (Å²) in [5.74, 6) is 0.643. The van der Waals surface area contributed by atoms with E-state index in [0.29, 0.717) is 17.0 Å². The van der Waals surface area contributed by atoms with Gasteiger partial charge in [-0.1, -0.05) is 0 Å². The van der Waals surface area contributed by atoms with Crippen LogP contribution < -0.4 is 10.5 Å². The molecule has 1 aliphatic heterocycles. The molecule has 2 N–H and O–H groups in total. The average molecular weight is 386 g/mol. The zero-order chi connectivity index (χ0) is 15.1. The molecular weight excluding hydrogens is 367 g/mol. The smallest absolute Gasteiger partial charge is 0.156 e. The van der Waals surface area contributed by atoms with Crippen LogP contribution in [0.3, 0.4) is 0 Å². The number of nitrogens with two attached hydrogens (primary N) is 1. The highest BCUT2D eigenvalue weighted by Crippen LogP contribution is 2.41. The molecule has 5 heteroatoms. The van der Waals surface area contributed by atoms with Gasteiger partial charge in [0, 0.05) is 6.42 Å². The maximum atomic E-state index is 8.94. The number of ether oxygens (including phenoxy) is 2. The number of nitriles is 1. The van der Waals surface area contributed by atoms with Gasteiger partial charge in [0.05, 0.1) is 26.5 Å². The zero-order valence-electron chi connectivity index (χ0n) is 12.2. The fourth-order valence-corrected chi connectivity index (χ4v) is 3.42. The van der Waals surface area contributed by atoms with Gasteiger partial charge in [0.2, 0.25) is 0 Å². The molecule has 4 nitrogen and oxygen atoms in total. The minimum absolute atomic E-state index is 0.0683. The fourth-order valence-electron chi connectivity index (χ4n) is 2.64. The normalized spacial score (nSPS) is 23.3. The highest BCUT2D eigenvalue weighted by molar-refractivity contribution is 14.1. The summed E-state index contributed by atoms with van der Waals surface area (Å²) in [5, 5.41) is 8.94. The minimum atomic E-state index is -0.368. The number of anilines is 1. The second kappa shape index (κ2) is 5.08. The molecule has 0 aromatic heterocycles. The molecule has 1 aliphatic rings. The Balaban J connectivity index is 2.30. The Labute approximate surface area is 133 Å². The van der Waals surface area contributed by atoms with Gasteiger partial charge < -0.3 is 15.2 Å². The van der Waals surface area contributed by atoms with Crippen molar-refractivity contribution in [3.05, 3.63) is 21.3 Å². The molecule has 1 aromatic carbocycles. The molecule has 0 radical (unpaired) electrons. The first-order valence-electron chi connectivity index (χ1n) is 6.50. The van der Waals surface area contributed by atoms with Gasteiger partial charge in [-0.05, 0) is 62.4 Å². The van der Waals surface area contributed by atoms with Crippen molar-refractivity contribution in [1.29, 1.82) is 5.26 Å². The number of halogens is 1. The van der Waals surface area contributed by atoms with Gasteiger partial charge in [-0.3, -0.25) is 0 Å². The number of nitrogen functional groups attached to an aromatic ring is 1. The zero-order valence-corrected chi connectivity index (χ0v) is 14.3. The topological polar surface area (TPSA) is 68.3 Å². The van der Waals surface area contributed by atoms with Crippen LogP contribution in [0.1, 0.15) is 39.7 Å². The van der Waals surface area contributed by atoms with Crippen molar-refractivity contribution in [3.63, 3.8) is 0 Å². The van der Waals surface area contributed by atoms with Crippen LogP contribution in [0.5, 0.6) is 5.75 Å². The second-order valence-corrected chi connectivity index (χ2v) is 7.43. The number of benzene rings is 1. The van der Waals surface area contributed by atoms with E-state index in [2.05, 4.69) is 42.5 Å². The second-order valence-electron chi connectivity index (χ2n) is 6.26. The summed E-state index contributed by atoms with van der Waals surface area (Å²) in [6.45, 7) is 8.18. The van der Waals surface area contributed by atoms with Crippen molar-refractivity contribution in [2.45, 2.75) is 51.4 Å². The summed E-state index contributed by atoms with van der Waals surface area (Å²) in [4.78, 5) is 0. The van der Waals surface area contributed by atoms with Crippen LogP contribution in [0.25, 0.3) is 0 Å². The summed E-state index contributed by atoms with van der Waals surface area (Å²) in [6, 6.07) is 5.52. The Morgan fingerprint density at radius 3 is 2.50 bits per heavy atom. The van der Waals surface area contributed by atoms with Gasteiger partial charge in [-0.25, -0.2) is 0 Å². The molecular formula is C15H19IN2O2. The summed E-state index contributed by atoms with van der Waals surface area (Å²) in [6.07, 6.45) is 0.733. The molecule has 20 heavy (non-hydrogen) atoms. The van der Waals surface area contributed by atoms with E-state index < -0.39 is 0 Å². The van der Waals surface area contributed by atoms with E-state index in [4.69, 9.17) is 20.5 Å². The van der Waals surface area contributed by atoms with E-state index in [1.807, 2.05) is 13.8 Å². The van der Waals surface area contributed by atoms with Gasteiger partial charge in [-0.15, -0.1) is 0 Å². The Kier molecular flexibility index (Phi) is 3.91. The Morgan fingerprint density at radius 2 is 2.05 bits per heavy atom. The highest BCUT2D eigenvalue weighted by atomic mass is 127. The van der Waals surface area contributed by atoms with Crippen molar-refractivity contribution in [3.8, 4) is 11.8 Å². The molecule has 1 aromatic rings. The lowest BCUT2D eigenvalue weighted by Gasteiger charge is -2.28. The molecule has 0 aliphatic carbocycles. The van der Waals surface area contributed by atoms with Crippen molar-refractivity contribution < 1.29 is 9.47 Å². The predicted molar refractivity (Wildman–Crippen MR) is 86.6 cm³/mol. The molecule has 1 fully saturated rings. The van der Waals surface area contributed by atoms with Gasteiger partial charge in [0.1, 0.15) is 11.7 Å². The van der Waals surface area contributed by atoms with Crippen molar-refractivity contribution in [2.24, 2.45) is 0 Å². The highest BCUT2D eigenvalue weighted by Gasteiger charge is 2.47. The number of hydrogen-bond donors (Lipinski definition) is 1. The molecule has 0 saturated carbocycles. The molecule has 0 amide bonds. The molecule has 108 valence electrons. The van der Waals surface area contributed by atoms with Crippen LogP contribution in [0.4, 0.5) is 5.69 Å². The first kappa shape index (κ1) is 15.4. The van der Waals surface area contributed by atoms with E-state index in [-0.39, 0.29) is 17.3 Å². The molecule has 0 bridgehead atoms. The summed E-state index contributed by atoms with van der Waals surface area (Å²) < 4.78 is 13.0. The lowest BCUT2D eigenvalue weighted by atomic mass is 9.97. The average Bonchev–Trinajstić information content (AvgIpc) is 2.51. The van der Waals surface area contributed by atoms with E-state index >= 15 is 0 Å². The lowest BCUT2D eigenvalue weighted by molar-refractivity contribution is -0.0846. The van der Waals surface area contributed by atoms with E-state index in [1.165, 1.54) is 0 Å². The van der Waals surface area contributed by atoms with E-state index in [1.54, 1.807) is 12.1 Å². The maximum Gasteiger partial charge on any atom is 0.156 e. The SMILES string of the molecule is CC1(C)CC(Oc2c(N)cc(C#N)cc2I)C(C)(C)O1. The largest absolute Gasteiger partial charge is 0.484 e. The lowest BCUT2D eigenvalue weighted by Crippen LogP contribution is -2.37. The molecule has 2 rings (SSSR count). The predicted octanol–water partition coefficient (Wildman–Crippen LogP) is 3.47. The van der Waals surface area contributed by atoms with Gasteiger partial charge in [0.25, 0.3) is 0 Å². The number of rotatable bonds is 2. The van der Waals surface area contributed by atoms with Gasteiger partial charge in [-0.2, -0.15) is 5.26 Å². The van der Waals surface area contributed by atoms with E-state index in [0.717, 1.165) is 9.99 Å². The third-order valence-corrected chi connectivity index (χ3v) is 4.25. The van der Waals surface area contributed by atoms with E-state index in [9.17, 15) is 0 Å². The standard InChI is InChI=1S/C15H19IN2O2/c1-14(2)7-12(15(3,4)20-14)19-13-10(16)5-9(8-17)6-11(13)18/h5-6,12H,7,18H2,1-4H3. The minimum Gasteiger partial charge on any atom is -0.484 e. The number of nitrogens with zero attached hydrogens (tertiary/aromatic N) is 1. The number of hydrogen-bond acceptors (Lipinski definition) is 4. The van der Waals surface area contributed by atoms with Crippen molar-refractivity contribution in [2.75, 3.05) is 5.73 Å². The summed E-state index contributed by atoms with van der Waals surface area (Å²) >= 11 is 2.15. The van der Waals surface area contributed by atoms with Crippen LogP contribution in [-0.4, -0.2) is 17.3 Å². The summed E-state index contributed by atoms with van der Waals surface area (Å²) in [5.41, 5.74) is 6.47. The van der Waals surface area contributed by atoms with Crippen LogP contribution in [-0.2, 0) is 4.74 Å². The molecule has 1 atom stereocenters. The third kappa shape index (κ3) is 3.01. The third-order valence-electron chi connectivity index (χ3n) is 3.45. The van der Waals surface area contributed by atoms with Crippen LogP contribution >= 0.6 is 22.6 Å². The fraction of sp³-hybridized carbons (Fsp3) is 0.533. The summed E-state index contributed by atoms with van der Waals surface area (Å²) in [7, 11) is 0. The molecule has 1 heterocycles.